The molecule has 4 heteroatoms. The summed E-state index contributed by atoms with van der Waals surface area (Å²) in [5.41, 5.74) is 4.92. The quantitative estimate of drug-likeness (QED) is 0.428. The highest BCUT2D eigenvalue weighted by molar-refractivity contribution is 6.30. The number of benzene rings is 3. The first-order valence-electron chi connectivity index (χ1n) is 8.83. The molecule has 1 heterocycles. The predicted molar refractivity (Wildman–Crippen MR) is 115 cm³/mol. The number of halogens is 1. The number of aromatic nitrogens is 1. The Morgan fingerprint density at radius 1 is 0.786 bits per heavy atom. The molecule has 3 nitrogen and oxygen atoms in total. The van der Waals surface area contributed by atoms with Crippen LogP contribution in [0.15, 0.2) is 91.0 Å². The molecule has 0 spiro atoms. The van der Waals surface area contributed by atoms with Gasteiger partial charge in [-0.2, -0.15) is 5.26 Å². The van der Waals surface area contributed by atoms with E-state index in [0.717, 1.165) is 28.1 Å². The van der Waals surface area contributed by atoms with Crippen LogP contribution in [0.1, 0.15) is 5.56 Å². The second kappa shape index (κ2) is 7.96. The maximum absolute atomic E-state index is 9.89. The van der Waals surface area contributed by atoms with E-state index in [4.69, 9.17) is 16.6 Å². The third-order valence-electron chi connectivity index (χ3n) is 4.39. The molecule has 0 bridgehead atoms. The normalized spacial score (nSPS) is 10.3. The first kappa shape index (κ1) is 17.8. The van der Waals surface area contributed by atoms with E-state index in [-0.39, 0.29) is 0 Å². The van der Waals surface area contributed by atoms with E-state index in [0.29, 0.717) is 16.4 Å². The SMILES string of the molecule is N#Cc1c(-c2ccccc2)cc(-c2ccccc2)nc1Nc1ccc(Cl)cc1. The van der Waals surface area contributed by atoms with Gasteiger partial charge in [0.1, 0.15) is 17.5 Å². The Kier molecular flexibility index (Phi) is 5.05. The van der Waals surface area contributed by atoms with Crippen molar-refractivity contribution in [3.8, 4) is 28.5 Å². The van der Waals surface area contributed by atoms with Crippen molar-refractivity contribution in [1.82, 2.24) is 4.98 Å². The molecule has 4 rings (SSSR count). The third-order valence-corrected chi connectivity index (χ3v) is 4.64. The molecule has 0 amide bonds. The zero-order valence-electron chi connectivity index (χ0n) is 14.9. The molecular formula is C24H16ClN3. The fourth-order valence-electron chi connectivity index (χ4n) is 3.02. The summed E-state index contributed by atoms with van der Waals surface area (Å²) in [4.78, 5) is 4.75. The van der Waals surface area contributed by atoms with E-state index in [1.807, 2.05) is 78.9 Å². The lowest BCUT2D eigenvalue weighted by molar-refractivity contribution is 1.28. The van der Waals surface area contributed by atoms with Crippen molar-refractivity contribution in [1.29, 1.82) is 5.26 Å². The van der Waals surface area contributed by atoms with Gasteiger partial charge in [0.25, 0.3) is 0 Å². The maximum atomic E-state index is 9.89. The van der Waals surface area contributed by atoms with E-state index in [1.165, 1.54) is 0 Å². The lowest BCUT2D eigenvalue weighted by Gasteiger charge is -2.14. The molecule has 3 aromatic carbocycles. The largest absolute Gasteiger partial charge is 0.339 e. The van der Waals surface area contributed by atoms with Crippen LogP contribution in [-0.2, 0) is 0 Å². The average molecular weight is 382 g/mol. The van der Waals surface area contributed by atoms with Crippen LogP contribution in [0.3, 0.4) is 0 Å². The summed E-state index contributed by atoms with van der Waals surface area (Å²) in [6.45, 7) is 0. The van der Waals surface area contributed by atoms with Gasteiger partial charge < -0.3 is 5.32 Å². The molecule has 0 aliphatic rings. The average Bonchev–Trinajstić information content (AvgIpc) is 2.76. The fourth-order valence-corrected chi connectivity index (χ4v) is 3.15. The summed E-state index contributed by atoms with van der Waals surface area (Å²) in [6.07, 6.45) is 0. The molecule has 28 heavy (non-hydrogen) atoms. The minimum absolute atomic E-state index is 0.501. The summed E-state index contributed by atoms with van der Waals surface area (Å²) >= 11 is 5.99. The minimum atomic E-state index is 0.501. The van der Waals surface area contributed by atoms with Gasteiger partial charge in [0.05, 0.1) is 5.69 Å². The second-order valence-electron chi connectivity index (χ2n) is 6.25. The predicted octanol–water partition coefficient (Wildman–Crippen LogP) is 6.68. The zero-order valence-corrected chi connectivity index (χ0v) is 15.7. The van der Waals surface area contributed by atoms with Crippen molar-refractivity contribution in [3.05, 3.63) is 102 Å². The van der Waals surface area contributed by atoms with Gasteiger partial charge in [-0.15, -0.1) is 0 Å². The van der Waals surface area contributed by atoms with Crippen LogP contribution in [0.25, 0.3) is 22.4 Å². The molecule has 0 saturated heterocycles. The van der Waals surface area contributed by atoms with Crippen LogP contribution in [0.4, 0.5) is 11.5 Å². The van der Waals surface area contributed by atoms with Gasteiger partial charge in [0.2, 0.25) is 0 Å². The molecule has 1 N–H and O–H groups in total. The smallest absolute Gasteiger partial charge is 0.149 e. The Balaban J connectivity index is 1.90. The number of anilines is 2. The maximum Gasteiger partial charge on any atom is 0.149 e. The van der Waals surface area contributed by atoms with Crippen molar-refractivity contribution in [2.45, 2.75) is 0 Å². The van der Waals surface area contributed by atoms with Gasteiger partial charge in [-0.3, -0.25) is 0 Å². The van der Waals surface area contributed by atoms with Crippen LogP contribution in [0.5, 0.6) is 0 Å². The topological polar surface area (TPSA) is 48.7 Å². The zero-order chi connectivity index (χ0) is 19.3. The molecule has 0 saturated carbocycles. The minimum Gasteiger partial charge on any atom is -0.339 e. The van der Waals surface area contributed by atoms with E-state index < -0.39 is 0 Å². The lowest BCUT2D eigenvalue weighted by atomic mass is 9.98. The van der Waals surface area contributed by atoms with Gasteiger partial charge in [0.15, 0.2) is 0 Å². The van der Waals surface area contributed by atoms with Crippen molar-refractivity contribution >= 4 is 23.1 Å². The van der Waals surface area contributed by atoms with Crippen molar-refractivity contribution < 1.29 is 0 Å². The van der Waals surface area contributed by atoms with Crippen LogP contribution in [0, 0.1) is 11.3 Å². The van der Waals surface area contributed by atoms with Crippen molar-refractivity contribution in [2.24, 2.45) is 0 Å². The Labute approximate surface area is 168 Å². The molecule has 0 aliphatic heterocycles. The second-order valence-corrected chi connectivity index (χ2v) is 6.69. The Hall–Kier alpha value is -3.61. The lowest BCUT2D eigenvalue weighted by Crippen LogP contribution is -2.01. The van der Waals surface area contributed by atoms with Gasteiger partial charge in [-0.1, -0.05) is 72.3 Å². The highest BCUT2D eigenvalue weighted by atomic mass is 35.5. The Morgan fingerprint density at radius 2 is 1.39 bits per heavy atom. The summed E-state index contributed by atoms with van der Waals surface area (Å²) in [7, 11) is 0. The van der Waals surface area contributed by atoms with Gasteiger partial charge >= 0.3 is 0 Å². The number of hydrogen-bond donors (Lipinski definition) is 1. The number of pyridine rings is 1. The van der Waals surface area contributed by atoms with E-state index >= 15 is 0 Å². The highest BCUT2D eigenvalue weighted by Crippen LogP contribution is 2.33. The molecule has 4 aromatic rings. The monoisotopic (exact) mass is 381 g/mol. The molecule has 1 aromatic heterocycles. The number of nitriles is 1. The molecule has 0 radical (unpaired) electrons. The molecule has 134 valence electrons. The number of nitrogens with one attached hydrogen (secondary N) is 1. The van der Waals surface area contributed by atoms with E-state index in [2.05, 4.69) is 11.4 Å². The van der Waals surface area contributed by atoms with Crippen LogP contribution in [0.2, 0.25) is 5.02 Å². The van der Waals surface area contributed by atoms with Gasteiger partial charge in [0, 0.05) is 21.8 Å². The molecule has 0 unspecified atom stereocenters. The van der Waals surface area contributed by atoms with Crippen LogP contribution >= 0.6 is 11.6 Å². The molecule has 0 atom stereocenters. The Morgan fingerprint density at radius 3 is 2.00 bits per heavy atom. The molecular weight excluding hydrogens is 366 g/mol. The van der Waals surface area contributed by atoms with E-state index in [1.54, 1.807) is 12.1 Å². The van der Waals surface area contributed by atoms with Crippen molar-refractivity contribution in [3.63, 3.8) is 0 Å². The van der Waals surface area contributed by atoms with Gasteiger partial charge in [-0.05, 0) is 35.9 Å². The number of nitrogens with zero attached hydrogens (tertiary/aromatic N) is 2. The summed E-state index contributed by atoms with van der Waals surface area (Å²) in [5.74, 6) is 0.519. The first-order chi connectivity index (χ1) is 13.7. The molecule has 0 aliphatic carbocycles. The van der Waals surface area contributed by atoms with Gasteiger partial charge in [-0.25, -0.2) is 4.98 Å². The first-order valence-corrected chi connectivity index (χ1v) is 9.21. The number of hydrogen-bond acceptors (Lipinski definition) is 3. The Bertz CT molecular complexity index is 1130. The third kappa shape index (κ3) is 3.73. The summed E-state index contributed by atoms with van der Waals surface area (Å²) in [6, 6.07) is 31.4. The summed E-state index contributed by atoms with van der Waals surface area (Å²) < 4.78 is 0. The fraction of sp³-hybridized carbons (Fsp3) is 0. The highest BCUT2D eigenvalue weighted by Gasteiger charge is 2.15. The summed E-state index contributed by atoms with van der Waals surface area (Å²) in [5, 5.41) is 13.8. The standard InChI is InChI=1S/C24H16ClN3/c25-19-11-13-20(14-12-19)27-24-22(16-26)21(17-7-3-1-4-8-17)15-23(28-24)18-9-5-2-6-10-18/h1-15H,(H,27,28). The van der Waals surface area contributed by atoms with E-state index in [9.17, 15) is 5.26 Å². The van der Waals surface area contributed by atoms with Crippen molar-refractivity contribution in [2.75, 3.05) is 5.32 Å². The number of rotatable bonds is 4. The van der Waals surface area contributed by atoms with Crippen LogP contribution < -0.4 is 5.32 Å². The van der Waals surface area contributed by atoms with Crippen LogP contribution in [-0.4, -0.2) is 4.98 Å². The molecule has 0 fully saturated rings.